The largest absolute Gasteiger partial charge is 0.361 e. The number of guanidine groups is 1. The van der Waals surface area contributed by atoms with Crippen LogP contribution in [0.25, 0.3) is 0 Å². The second-order valence-electron chi connectivity index (χ2n) is 7.19. The molecule has 8 heteroatoms. The van der Waals surface area contributed by atoms with E-state index in [-0.39, 0.29) is 0 Å². The molecule has 1 N–H and O–H groups in total. The lowest BCUT2D eigenvalue weighted by Gasteiger charge is -2.36. The van der Waals surface area contributed by atoms with Crippen molar-refractivity contribution in [1.82, 2.24) is 25.3 Å². The van der Waals surface area contributed by atoms with Crippen LogP contribution < -0.4 is 5.32 Å². The van der Waals surface area contributed by atoms with Crippen LogP contribution in [0, 0.1) is 6.92 Å². The maximum atomic E-state index is 5.17. The number of nitrogens with one attached hydrogen (secondary N) is 1. The van der Waals surface area contributed by atoms with Crippen LogP contribution in [0.1, 0.15) is 48.8 Å². The standard InChI is InChI=1S/C19H30N6OS/c1-5-20-19(21-11-17-13-27-18(22-17)14(2)3)25-8-6-24(7-9-25)12-16-10-15(4)26-23-16/h10,13-14H,5-9,11-12H2,1-4H3,(H,20,21). The molecule has 148 valence electrons. The molecular weight excluding hydrogens is 360 g/mol. The number of hydrogen-bond donors (Lipinski definition) is 1. The summed E-state index contributed by atoms with van der Waals surface area (Å²) in [5.41, 5.74) is 2.06. The first-order valence-electron chi connectivity index (χ1n) is 9.67. The average molecular weight is 391 g/mol. The Kier molecular flexibility index (Phi) is 6.84. The van der Waals surface area contributed by atoms with Crippen molar-refractivity contribution in [3.63, 3.8) is 0 Å². The number of hydrogen-bond acceptors (Lipinski definition) is 6. The summed E-state index contributed by atoms with van der Waals surface area (Å²) in [5.74, 6) is 2.32. The zero-order chi connectivity index (χ0) is 19.2. The van der Waals surface area contributed by atoms with Crippen molar-refractivity contribution in [2.75, 3.05) is 32.7 Å². The van der Waals surface area contributed by atoms with Gasteiger partial charge in [-0.1, -0.05) is 19.0 Å². The highest BCUT2D eigenvalue weighted by atomic mass is 32.1. The van der Waals surface area contributed by atoms with E-state index in [1.165, 1.54) is 5.01 Å². The van der Waals surface area contributed by atoms with Gasteiger partial charge in [0, 0.05) is 56.6 Å². The number of nitrogens with zero attached hydrogens (tertiary/aromatic N) is 5. The van der Waals surface area contributed by atoms with E-state index in [4.69, 9.17) is 9.52 Å². The van der Waals surface area contributed by atoms with Gasteiger partial charge in [0.2, 0.25) is 0 Å². The minimum Gasteiger partial charge on any atom is -0.361 e. The highest BCUT2D eigenvalue weighted by Crippen LogP contribution is 2.19. The van der Waals surface area contributed by atoms with E-state index in [0.29, 0.717) is 12.5 Å². The smallest absolute Gasteiger partial charge is 0.194 e. The second-order valence-corrected chi connectivity index (χ2v) is 8.08. The molecule has 3 rings (SSSR count). The number of thiazole rings is 1. The minimum atomic E-state index is 0.475. The number of aliphatic imine (C=N–C) groups is 1. The fourth-order valence-corrected chi connectivity index (χ4v) is 3.91. The third-order valence-corrected chi connectivity index (χ3v) is 5.72. The van der Waals surface area contributed by atoms with Crippen LogP contribution in [0.3, 0.4) is 0 Å². The Balaban J connectivity index is 1.55. The molecule has 1 saturated heterocycles. The van der Waals surface area contributed by atoms with Gasteiger partial charge in [-0.3, -0.25) is 4.90 Å². The Morgan fingerprint density at radius 1 is 1.30 bits per heavy atom. The topological polar surface area (TPSA) is 69.8 Å². The van der Waals surface area contributed by atoms with Crippen molar-refractivity contribution in [3.05, 3.63) is 33.6 Å². The van der Waals surface area contributed by atoms with Crippen LogP contribution >= 0.6 is 11.3 Å². The van der Waals surface area contributed by atoms with Crippen molar-refractivity contribution in [1.29, 1.82) is 0 Å². The molecule has 3 heterocycles. The lowest BCUT2D eigenvalue weighted by Crippen LogP contribution is -2.52. The molecular formula is C19H30N6OS. The van der Waals surface area contributed by atoms with E-state index >= 15 is 0 Å². The highest BCUT2D eigenvalue weighted by molar-refractivity contribution is 7.09. The molecule has 1 fully saturated rings. The van der Waals surface area contributed by atoms with Gasteiger partial charge < -0.3 is 14.7 Å². The molecule has 0 saturated carbocycles. The SMILES string of the molecule is CCNC(=NCc1csc(C(C)C)n1)N1CCN(Cc2cc(C)on2)CC1. The summed E-state index contributed by atoms with van der Waals surface area (Å²) in [7, 11) is 0. The van der Waals surface area contributed by atoms with Gasteiger partial charge in [-0.2, -0.15) is 0 Å². The van der Waals surface area contributed by atoms with Gasteiger partial charge in [-0.15, -0.1) is 11.3 Å². The zero-order valence-corrected chi connectivity index (χ0v) is 17.6. The molecule has 7 nitrogen and oxygen atoms in total. The summed E-state index contributed by atoms with van der Waals surface area (Å²) in [6, 6.07) is 2.01. The van der Waals surface area contributed by atoms with Crippen molar-refractivity contribution >= 4 is 17.3 Å². The number of rotatable bonds is 6. The van der Waals surface area contributed by atoms with E-state index in [1.54, 1.807) is 11.3 Å². The van der Waals surface area contributed by atoms with Crippen LogP contribution in [0.5, 0.6) is 0 Å². The zero-order valence-electron chi connectivity index (χ0n) is 16.7. The van der Waals surface area contributed by atoms with Crippen molar-refractivity contribution in [2.24, 2.45) is 4.99 Å². The Morgan fingerprint density at radius 3 is 2.67 bits per heavy atom. The van der Waals surface area contributed by atoms with Crippen LogP contribution in [-0.2, 0) is 13.1 Å². The van der Waals surface area contributed by atoms with Gasteiger partial charge >= 0.3 is 0 Å². The van der Waals surface area contributed by atoms with Crippen molar-refractivity contribution in [2.45, 2.75) is 46.7 Å². The summed E-state index contributed by atoms with van der Waals surface area (Å²) < 4.78 is 5.17. The highest BCUT2D eigenvalue weighted by Gasteiger charge is 2.20. The molecule has 0 bridgehead atoms. The van der Waals surface area contributed by atoms with E-state index in [0.717, 1.165) is 62.4 Å². The van der Waals surface area contributed by atoms with Gasteiger partial charge in [0.25, 0.3) is 0 Å². The summed E-state index contributed by atoms with van der Waals surface area (Å²) in [6.45, 7) is 14.6. The van der Waals surface area contributed by atoms with Crippen molar-refractivity contribution in [3.8, 4) is 0 Å². The lowest BCUT2D eigenvalue weighted by atomic mass is 10.2. The monoisotopic (exact) mass is 390 g/mol. The number of aromatic nitrogens is 2. The summed E-state index contributed by atoms with van der Waals surface area (Å²) in [5, 5.41) is 10.8. The second kappa shape index (κ2) is 9.32. The molecule has 0 atom stereocenters. The molecule has 0 amide bonds. The van der Waals surface area contributed by atoms with Gasteiger partial charge in [-0.25, -0.2) is 9.98 Å². The first-order chi connectivity index (χ1) is 13.0. The first-order valence-corrected chi connectivity index (χ1v) is 10.5. The minimum absolute atomic E-state index is 0.475. The van der Waals surface area contributed by atoms with Crippen LogP contribution in [0.15, 0.2) is 21.0 Å². The average Bonchev–Trinajstić information content (AvgIpc) is 3.28. The quantitative estimate of drug-likeness (QED) is 0.604. The Morgan fingerprint density at radius 2 is 2.07 bits per heavy atom. The molecule has 0 aromatic carbocycles. The molecule has 0 spiro atoms. The Hall–Kier alpha value is -1.93. The molecule has 0 unspecified atom stereocenters. The van der Waals surface area contributed by atoms with E-state index in [1.807, 2.05) is 13.0 Å². The third kappa shape index (κ3) is 5.52. The normalized spacial score (nSPS) is 16.3. The van der Waals surface area contributed by atoms with Crippen LogP contribution in [0.2, 0.25) is 0 Å². The summed E-state index contributed by atoms with van der Waals surface area (Å²) >= 11 is 1.73. The fourth-order valence-electron chi connectivity index (χ4n) is 3.08. The van der Waals surface area contributed by atoms with Gasteiger partial charge in [-0.05, 0) is 13.8 Å². The molecule has 1 aliphatic rings. The maximum Gasteiger partial charge on any atom is 0.194 e. The molecule has 27 heavy (non-hydrogen) atoms. The van der Waals surface area contributed by atoms with Crippen LogP contribution in [0.4, 0.5) is 0 Å². The fraction of sp³-hybridized carbons (Fsp3) is 0.632. The molecule has 0 radical (unpaired) electrons. The maximum absolute atomic E-state index is 5.17. The Bertz CT molecular complexity index is 745. The van der Waals surface area contributed by atoms with Gasteiger partial charge in [0.05, 0.1) is 22.9 Å². The Labute approximate surface area is 165 Å². The van der Waals surface area contributed by atoms with E-state index < -0.39 is 0 Å². The molecule has 2 aromatic rings. The third-order valence-electron chi connectivity index (χ3n) is 4.52. The summed E-state index contributed by atoms with van der Waals surface area (Å²) in [6.07, 6.45) is 0. The predicted molar refractivity (Wildman–Crippen MR) is 109 cm³/mol. The van der Waals surface area contributed by atoms with Gasteiger partial charge in [0.15, 0.2) is 5.96 Å². The number of aryl methyl sites for hydroxylation is 1. The summed E-state index contributed by atoms with van der Waals surface area (Å²) in [4.78, 5) is 14.3. The first kappa shape index (κ1) is 19.8. The molecule has 2 aromatic heterocycles. The van der Waals surface area contributed by atoms with Gasteiger partial charge in [0.1, 0.15) is 5.76 Å². The predicted octanol–water partition coefficient (Wildman–Crippen LogP) is 2.85. The van der Waals surface area contributed by atoms with E-state index in [9.17, 15) is 0 Å². The lowest BCUT2D eigenvalue weighted by molar-refractivity contribution is 0.169. The molecule has 1 aliphatic heterocycles. The van der Waals surface area contributed by atoms with Crippen LogP contribution in [-0.4, -0.2) is 58.6 Å². The number of piperazine rings is 1. The molecule has 0 aliphatic carbocycles. The van der Waals surface area contributed by atoms with Crippen molar-refractivity contribution < 1.29 is 4.52 Å². The van der Waals surface area contributed by atoms with E-state index in [2.05, 4.69) is 51.4 Å².